The highest BCUT2D eigenvalue weighted by Crippen LogP contribution is 2.16. The van der Waals surface area contributed by atoms with Crippen molar-refractivity contribution in [3.63, 3.8) is 0 Å². The van der Waals surface area contributed by atoms with Crippen LogP contribution in [0.2, 0.25) is 0 Å². The summed E-state index contributed by atoms with van der Waals surface area (Å²) in [6.07, 6.45) is -0.250. The third-order valence-electron chi connectivity index (χ3n) is 2.22. The smallest absolute Gasteiger partial charge is 0.241 e. The third-order valence-corrected chi connectivity index (χ3v) is 2.22. The fourth-order valence-corrected chi connectivity index (χ4v) is 1.26. The lowest BCUT2D eigenvalue weighted by Gasteiger charge is -2.12. The average Bonchev–Trinajstić information content (AvgIpc) is 2.22. The molecule has 6 heteroatoms. The summed E-state index contributed by atoms with van der Waals surface area (Å²) in [6, 6.07) is 2.97. The van der Waals surface area contributed by atoms with Crippen LogP contribution in [0.5, 0.6) is 0 Å². The Balaban J connectivity index is 2.73. The van der Waals surface area contributed by atoms with Crippen LogP contribution in [0.25, 0.3) is 0 Å². The lowest BCUT2D eigenvalue weighted by Crippen LogP contribution is -2.39. The standard InChI is InChI=1S/C11H14FN3O2/c1-6-2-3-7(12)4-9(6)15-11(17)8(13)5-10(14)16/h2-4,8H,5,13H2,1H3,(H2,14,16)(H,15,17). The van der Waals surface area contributed by atoms with E-state index in [1.54, 1.807) is 6.92 Å². The van der Waals surface area contributed by atoms with E-state index in [4.69, 9.17) is 11.5 Å². The van der Waals surface area contributed by atoms with Gasteiger partial charge < -0.3 is 16.8 Å². The van der Waals surface area contributed by atoms with Crippen LogP contribution in [0.3, 0.4) is 0 Å². The summed E-state index contributed by atoms with van der Waals surface area (Å²) in [4.78, 5) is 22.1. The molecular formula is C11H14FN3O2. The van der Waals surface area contributed by atoms with Gasteiger partial charge in [-0.25, -0.2) is 4.39 Å². The number of aryl methyl sites for hydroxylation is 1. The first kappa shape index (κ1) is 13.1. The van der Waals surface area contributed by atoms with E-state index in [0.29, 0.717) is 11.3 Å². The molecule has 0 bridgehead atoms. The Morgan fingerprint density at radius 2 is 2.12 bits per heavy atom. The maximum absolute atomic E-state index is 13.0. The summed E-state index contributed by atoms with van der Waals surface area (Å²) in [5.74, 6) is -1.70. The molecule has 0 radical (unpaired) electrons. The second-order valence-corrected chi connectivity index (χ2v) is 3.73. The van der Waals surface area contributed by atoms with E-state index in [-0.39, 0.29) is 6.42 Å². The maximum Gasteiger partial charge on any atom is 0.241 e. The van der Waals surface area contributed by atoms with Crippen LogP contribution in [0.4, 0.5) is 10.1 Å². The number of carbonyl (C=O) groups excluding carboxylic acids is 2. The van der Waals surface area contributed by atoms with E-state index in [1.807, 2.05) is 0 Å². The fourth-order valence-electron chi connectivity index (χ4n) is 1.26. The van der Waals surface area contributed by atoms with Crippen molar-refractivity contribution in [2.45, 2.75) is 19.4 Å². The van der Waals surface area contributed by atoms with Crippen molar-refractivity contribution in [1.29, 1.82) is 0 Å². The molecule has 0 aromatic heterocycles. The van der Waals surface area contributed by atoms with Gasteiger partial charge in [0.2, 0.25) is 11.8 Å². The number of nitrogens with one attached hydrogen (secondary N) is 1. The number of halogens is 1. The summed E-state index contributed by atoms with van der Waals surface area (Å²) in [7, 11) is 0. The quantitative estimate of drug-likeness (QED) is 0.703. The molecule has 0 aliphatic carbocycles. The minimum atomic E-state index is -1.03. The van der Waals surface area contributed by atoms with E-state index in [0.717, 1.165) is 0 Å². The van der Waals surface area contributed by atoms with E-state index in [2.05, 4.69) is 5.32 Å². The third kappa shape index (κ3) is 3.84. The van der Waals surface area contributed by atoms with E-state index in [1.165, 1.54) is 18.2 Å². The number of hydrogen-bond donors (Lipinski definition) is 3. The number of anilines is 1. The van der Waals surface area contributed by atoms with Gasteiger partial charge in [-0.15, -0.1) is 0 Å². The monoisotopic (exact) mass is 239 g/mol. The number of amides is 2. The topological polar surface area (TPSA) is 98.2 Å². The summed E-state index contributed by atoms with van der Waals surface area (Å²) in [5, 5.41) is 2.44. The van der Waals surface area contributed by atoms with Crippen LogP contribution in [0, 0.1) is 12.7 Å². The van der Waals surface area contributed by atoms with Crippen LogP contribution >= 0.6 is 0 Å². The summed E-state index contributed by atoms with van der Waals surface area (Å²) in [6.45, 7) is 1.72. The molecule has 0 aliphatic heterocycles. The molecule has 1 atom stereocenters. The van der Waals surface area contributed by atoms with Crippen LogP contribution in [-0.2, 0) is 9.59 Å². The number of benzene rings is 1. The van der Waals surface area contributed by atoms with Gasteiger partial charge in [0, 0.05) is 5.69 Å². The summed E-state index contributed by atoms with van der Waals surface area (Å²) >= 11 is 0. The highest BCUT2D eigenvalue weighted by atomic mass is 19.1. The lowest BCUT2D eigenvalue weighted by molar-refractivity contribution is -0.123. The number of primary amides is 1. The van der Waals surface area contributed by atoms with Gasteiger partial charge in [0.05, 0.1) is 12.5 Å². The molecule has 0 spiro atoms. The predicted molar refractivity (Wildman–Crippen MR) is 61.6 cm³/mol. The molecule has 92 valence electrons. The van der Waals surface area contributed by atoms with Gasteiger partial charge in [-0.2, -0.15) is 0 Å². The zero-order valence-corrected chi connectivity index (χ0v) is 9.37. The van der Waals surface area contributed by atoms with E-state index < -0.39 is 23.7 Å². The van der Waals surface area contributed by atoms with Gasteiger partial charge in [0.25, 0.3) is 0 Å². The lowest BCUT2D eigenvalue weighted by atomic mass is 10.1. The van der Waals surface area contributed by atoms with Crippen LogP contribution < -0.4 is 16.8 Å². The average molecular weight is 239 g/mol. The van der Waals surface area contributed by atoms with E-state index >= 15 is 0 Å². The zero-order valence-electron chi connectivity index (χ0n) is 9.37. The van der Waals surface area contributed by atoms with Crippen LogP contribution in [0.15, 0.2) is 18.2 Å². The Morgan fingerprint density at radius 1 is 1.47 bits per heavy atom. The highest BCUT2D eigenvalue weighted by Gasteiger charge is 2.16. The van der Waals surface area contributed by atoms with E-state index in [9.17, 15) is 14.0 Å². The molecule has 1 rings (SSSR count). The molecular weight excluding hydrogens is 225 g/mol. The number of nitrogens with two attached hydrogens (primary N) is 2. The zero-order chi connectivity index (χ0) is 13.0. The first-order chi connectivity index (χ1) is 7.90. The van der Waals surface area contributed by atoms with Crippen molar-refractivity contribution >= 4 is 17.5 Å². The van der Waals surface area contributed by atoms with Gasteiger partial charge in [-0.1, -0.05) is 6.07 Å². The Bertz CT molecular complexity index is 448. The molecule has 0 aliphatic rings. The number of hydrogen-bond acceptors (Lipinski definition) is 3. The van der Waals surface area contributed by atoms with Gasteiger partial charge in [-0.05, 0) is 24.6 Å². The minimum Gasteiger partial charge on any atom is -0.370 e. The van der Waals surface area contributed by atoms with Gasteiger partial charge in [0.15, 0.2) is 0 Å². The Morgan fingerprint density at radius 3 is 2.71 bits per heavy atom. The fraction of sp³-hybridized carbons (Fsp3) is 0.273. The maximum atomic E-state index is 13.0. The van der Waals surface area contributed by atoms with Crippen LogP contribution in [0.1, 0.15) is 12.0 Å². The molecule has 1 aromatic carbocycles. The minimum absolute atomic E-state index is 0.250. The second kappa shape index (κ2) is 5.40. The summed E-state index contributed by atoms with van der Waals surface area (Å²) < 4.78 is 13.0. The SMILES string of the molecule is Cc1ccc(F)cc1NC(=O)C(N)CC(N)=O. The van der Waals surface area contributed by atoms with Crippen molar-refractivity contribution in [3.05, 3.63) is 29.6 Å². The molecule has 0 saturated heterocycles. The van der Waals surface area contributed by atoms with Crippen molar-refractivity contribution in [3.8, 4) is 0 Å². The number of carbonyl (C=O) groups is 2. The first-order valence-electron chi connectivity index (χ1n) is 5.01. The highest BCUT2D eigenvalue weighted by molar-refractivity contribution is 5.97. The van der Waals surface area contributed by atoms with Crippen molar-refractivity contribution in [1.82, 2.24) is 0 Å². The molecule has 0 saturated carbocycles. The molecule has 5 nitrogen and oxygen atoms in total. The van der Waals surface area contributed by atoms with Gasteiger partial charge >= 0.3 is 0 Å². The molecule has 2 amide bonds. The predicted octanol–water partition coefficient (Wildman–Crippen LogP) is 0.275. The number of rotatable bonds is 4. The molecule has 1 aromatic rings. The summed E-state index contributed by atoms with van der Waals surface area (Å²) in [5.41, 5.74) is 11.4. The molecule has 5 N–H and O–H groups in total. The normalized spacial score (nSPS) is 11.9. The second-order valence-electron chi connectivity index (χ2n) is 3.73. The molecule has 1 unspecified atom stereocenters. The van der Waals surface area contributed by atoms with Gasteiger partial charge in [0.1, 0.15) is 5.82 Å². The van der Waals surface area contributed by atoms with Gasteiger partial charge in [-0.3, -0.25) is 9.59 Å². The Labute approximate surface area is 98.0 Å². The van der Waals surface area contributed by atoms with Crippen LogP contribution in [-0.4, -0.2) is 17.9 Å². The molecule has 17 heavy (non-hydrogen) atoms. The Hall–Kier alpha value is -1.95. The largest absolute Gasteiger partial charge is 0.370 e. The molecule has 0 heterocycles. The van der Waals surface area contributed by atoms with Crippen molar-refractivity contribution < 1.29 is 14.0 Å². The first-order valence-corrected chi connectivity index (χ1v) is 5.01. The molecule has 0 fully saturated rings. The Kier molecular flexibility index (Phi) is 4.17. The van der Waals surface area contributed by atoms with Crippen molar-refractivity contribution in [2.75, 3.05) is 5.32 Å². The van der Waals surface area contributed by atoms with Crippen molar-refractivity contribution in [2.24, 2.45) is 11.5 Å².